The quantitative estimate of drug-likeness (QED) is 0.364. The van der Waals surface area contributed by atoms with Crippen molar-refractivity contribution in [2.75, 3.05) is 0 Å². The molecule has 0 atom stereocenters. The maximum atomic E-state index is 0. The molecule has 0 rings (SSSR count). The van der Waals surface area contributed by atoms with Crippen LogP contribution in [-0.4, -0.2) is 52.0 Å². The van der Waals surface area contributed by atoms with Crippen LogP contribution in [0.15, 0.2) is 0 Å². The minimum atomic E-state index is 0. The van der Waals surface area contributed by atoms with Gasteiger partial charge in [-0.2, -0.15) is 0 Å². The molecule has 0 aromatic carbocycles. The number of hydrogen-bond acceptors (Lipinski definition) is 0. The largest absolute Gasteiger partial charge is 0 e. The molecule has 0 saturated heterocycles. The zero-order valence-electron chi connectivity index (χ0n) is 1.39. The minimum absolute atomic E-state index is 0. The van der Waals surface area contributed by atoms with Crippen LogP contribution in [0, 0.1) is 0 Å². The average Bonchev–Trinajstić information content (AvgIpc) is 0. The third-order valence-electron chi connectivity index (χ3n) is 0. The van der Waals surface area contributed by atoms with Gasteiger partial charge < -0.3 is 0 Å². The van der Waals surface area contributed by atoms with Gasteiger partial charge in [0.15, 0.2) is 0 Å². The van der Waals surface area contributed by atoms with E-state index in [9.17, 15) is 0 Å². The summed E-state index contributed by atoms with van der Waals surface area (Å²) in [6.45, 7) is 0. The molecule has 0 aliphatic carbocycles. The van der Waals surface area contributed by atoms with Crippen molar-refractivity contribution in [1.82, 2.24) is 0 Å². The van der Waals surface area contributed by atoms with Crippen molar-refractivity contribution in [2.24, 2.45) is 0 Å². The Morgan fingerprint density at radius 1 is 1.00 bits per heavy atom. The summed E-state index contributed by atoms with van der Waals surface area (Å²) in [7, 11) is 0. The molecular weight excluding hydrogens is 442 g/mol. The average molecular weight is 448 g/mol. The molecule has 32 valence electrons. The summed E-state index contributed by atoms with van der Waals surface area (Å²) >= 11 is 0. The summed E-state index contributed by atoms with van der Waals surface area (Å²) in [4.78, 5) is 0. The van der Waals surface area contributed by atoms with Crippen LogP contribution in [0.1, 0.15) is 0 Å². The summed E-state index contributed by atoms with van der Waals surface area (Å²) in [6.07, 6.45) is 0. The molecule has 4 heavy (non-hydrogen) atoms. The van der Waals surface area contributed by atoms with E-state index in [1.807, 2.05) is 0 Å². The molecule has 0 heterocycles. The Balaban J connectivity index is 0. The molecule has 0 aliphatic rings. The fraction of sp³-hybridized carbons (Fsp3) is 0. The molecule has 0 aromatic heterocycles. The summed E-state index contributed by atoms with van der Waals surface area (Å²) in [6, 6.07) is 0. The van der Waals surface area contributed by atoms with E-state index in [-0.39, 0.29) is 86.2 Å². The second-order valence-electron chi connectivity index (χ2n) is 0. The number of hydrogen-bond donors (Lipinski definition) is 0. The normalized spacial score (nSPS) is 0. The molecule has 4 heteroatoms. The van der Waals surface area contributed by atoms with Crippen molar-refractivity contribution in [1.29, 1.82) is 0 Å². The molecule has 0 saturated carbocycles. The zero-order valence-corrected chi connectivity index (χ0v) is 9.01. The van der Waals surface area contributed by atoms with E-state index < -0.39 is 0 Å². The van der Waals surface area contributed by atoms with Crippen LogP contribution in [0.4, 0.5) is 0 Å². The first-order valence-electron chi connectivity index (χ1n) is 0. The van der Waals surface area contributed by atoms with Crippen LogP contribution in [0.2, 0.25) is 0 Å². The maximum Gasteiger partial charge on any atom is 0 e. The molecule has 0 bridgehead atoms. The summed E-state index contributed by atoms with van der Waals surface area (Å²) in [5.41, 5.74) is 0. The van der Waals surface area contributed by atoms with Gasteiger partial charge >= 0.3 is 52.0 Å². The van der Waals surface area contributed by atoms with E-state index in [1.54, 1.807) is 0 Å². The predicted molar refractivity (Wildman–Crippen MR) is 19.9 cm³/mol. The molecule has 0 fully saturated rings. The van der Waals surface area contributed by atoms with Gasteiger partial charge in [-0.15, -0.1) is 0 Å². The van der Waals surface area contributed by atoms with Crippen LogP contribution in [-0.2, 0) is 34.1 Å². The second kappa shape index (κ2) is 17.1. The first kappa shape index (κ1) is 29.2. The third kappa shape index (κ3) is 8.84. The van der Waals surface area contributed by atoms with Gasteiger partial charge in [-0.3, -0.25) is 0 Å². The Labute approximate surface area is 84.7 Å². The van der Waals surface area contributed by atoms with E-state index in [4.69, 9.17) is 0 Å². The molecule has 0 amide bonds. The molecule has 0 nitrogen and oxygen atoms in total. The second-order valence-corrected chi connectivity index (χ2v) is 0. The van der Waals surface area contributed by atoms with Crippen LogP contribution < -0.4 is 0 Å². The van der Waals surface area contributed by atoms with Crippen molar-refractivity contribution in [3.8, 4) is 0 Å². The van der Waals surface area contributed by atoms with Crippen molar-refractivity contribution in [2.45, 2.75) is 0 Å². The van der Waals surface area contributed by atoms with Crippen LogP contribution in [0.5, 0.6) is 0 Å². The first-order valence-corrected chi connectivity index (χ1v) is 0. The Kier molecular flexibility index (Phi) is 125. The summed E-state index contributed by atoms with van der Waals surface area (Å²) in [5.74, 6) is 0. The van der Waals surface area contributed by atoms with Gasteiger partial charge in [0.25, 0.3) is 0 Å². The fourth-order valence-corrected chi connectivity index (χ4v) is 0. The molecule has 0 aliphatic heterocycles. The van der Waals surface area contributed by atoms with Gasteiger partial charge in [-0.1, -0.05) is 0 Å². The molecule has 0 aromatic rings. The van der Waals surface area contributed by atoms with Crippen molar-refractivity contribution in [3.05, 3.63) is 0 Å². The van der Waals surface area contributed by atoms with Gasteiger partial charge in [0.1, 0.15) is 0 Å². The van der Waals surface area contributed by atoms with Crippen molar-refractivity contribution >= 4 is 52.0 Å². The summed E-state index contributed by atoms with van der Waals surface area (Å²) in [5, 5.41) is 0. The van der Waals surface area contributed by atoms with Crippen molar-refractivity contribution in [3.63, 3.8) is 0 Å². The monoisotopic (exact) mass is 448 g/mol. The Hall–Kier alpha value is 2.79. The molecule has 2 radical (unpaired) electrons. The van der Waals surface area contributed by atoms with Crippen LogP contribution in [0.25, 0.3) is 0 Å². The Bertz CT molecular complexity index is 8.00. The van der Waals surface area contributed by atoms with E-state index in [2.05, 4.69) is 0 Å². The molecule has 0 N–H and O–H groups in total. The van der Waals surface area contributed by atoms with E-state index in [1.165, 1.54) is 0 Å². The van der Waals surface area contributed by atoms with Crippen molar-refractivity contribution < 1.29 is 34.1 Å². The first-order chi connectivity index (χ1) is 0. The standard InChI is InChI=1S/Bi.Cu.In.Mn.6H. The maximum absolute atomic E-state index is 0. The van der Waals surface area contributed by atoms with E-state index in [0.29, 0.717) is 0 Å². The Morgan fingerprint density at radius 3 is 1.00 bits per heavy atom. The fourth-order valence-electron chi connectivity index (χ4n) is 0. The minimum Gasteiger partial charge on any atom is 0 e. The molecular formula is H6BiCuInMn. The van der Waals surface area contributed by atoms with Gasteiger partial charge in [-0.25, -0.2) is 0 Å². The zero-order chi connectivity index (χ0) is 0. The van der Waals surface area contributed by atoms with Crippen LogP contribution in [0.3, 0.4) is 0 Å². The predicted octanol–water partition coefficient (Wildman–Crippen LogP) is -2.37. The van der Waals surface area contributed by atoms with Gasteiger partial charge in [-0.05, 0) is 0 Å². The van der Waals surface area contributed by atoms with Gasteiger partial charge in [0.2, 0.25) is 0 Å². The van der Waals surface area contributed by atoms with Gasteiger partial charge in [0.05, 0.1) is 0 Å². The smallest absolute Gasteiger partial charge is 0 e. The number of rotatable bonds is 0. The molecule has 0 spiro atoms. The Morgan fingerprint density at radius 2 is 1.00 bits per heavy atom. The van der Waals surface area contributed by atoms with Crippen LogP contribution >= 0.6 is 0 Å². The van der Waals surface area contributed by atoms with Gasteiger partial charge in [0, 0.05) is 34.1 Å². The van der Waals surface area contributed by atoms with E-state index in [0.717, 1.165) is 0 Å². The summed E-state index contributed by atoms with van der Waals surface area (Å²) < 4.78 is 0. The SMILES string of the molecule is [BiH3].[Cu].[InH3].[Mn]. The topological polar surface area (TPSA) is 0 Å². The third-order valence-corrected chi connectivity index (χ3v) is 0. The molecule has 0 unspecified atom stereocenters. The van der Waals surface area contributed by atoms with E-state index >= 15 is 0 Å².